The summed E-state index contributed by atoms with van der Waals surface area (Å²) in [5.74, 6) is -0.266. The number of carbonyl (C=O) groups excluding carboxylic acids is 2. The van der Waals surface area contributed by atoms with Gasteiger partial charge in [-0.3, -0.25) is 29.8 Å². The maximum Gasteiger partial charge on any atom is 0.262 e. The van der Waals surface area contributed by atoms with Gasteiger partial charge in [-0.15, -0.1) is 0 Å². The zero-order chi connectivity index (χ0) is 21.7. The van der Waals surface area contributed by atoms with Gasteiger partial charge in [0.2, 0.25) is 11.9 Å². The van der Waals surface area contributed by atoms with Crippen molar-refractivity contribution in [2.75, 3.05) is 5.43 Å². The Morgan fingerprint density at radius 2 is 1.87 bits per heavy atom. The molecule has 1 heterocycles. The Labute approximate surface area is 176 Å². The molecule has 1 fully saturated rings. The third-order valence-corrected chi connectivity index (χ3v) is 5.70. The fourth-order valence-electron chi connectivity index (χ4n) is 3.92. The highest BCUT2D eigenvalue weighted by atomic mass is 16.2. The summed E-state index contributed by atoms with van der Waals surface area (Å²) in [6, 6.07) is 6.42. The minimum atomic E-state index is -0.672. The lowest BCUT2D eigenvalue weighted by Crippen LogP contribution is -2.52. The van der Waals surface area contributed by atoms with Crippen LogP contribution in [0.15, 0.2) is 29.1 Å². The number of hydrazine groups is 1. The van der Waals surface area contributed by atoms with Crippen molar-refractivity contribution < 1.29 is 9.59 Å². The van der Waals surface area contributed by atoms with Crippen LogP contribution in [0.25, 0.3) is 10.9 Å². The molecule has 1 aliphatic carbocycles. The summed E-state index contributed by atoms with van der Waals surface area (Å²) in [6.45, 7) is 6.02. The topological polar surface area (TPSA) is 105 Å². The lowest BCUT2D eigenvalue weighted by molar-refractivity contribution is -0.132. The largest absolute Gasteiger partial charge is 0.344 e. The van der Waals surface area contributed by atoms with Crippen LogP contribution in [0.4, 0.5) is 5.95 Å². The number of aromatic nitrogens is 2. The average molecular weight is 414 g/mol. The minimum absolute atomic E-state index is 0.0202. The number of anilines is 1. The summed E-state index contributed by atoms with van der Waals surface area (Å²) in [7, 11) is 0. The Morgan fingerprint density at radius 1 is 1.17 bits per heavy atom. The molecule has 0 bridgehead atoms. The Bertz CT molecular complexity index is 963. The minimum Gasteiger partial charge on any atom is -0.344 e. The molecule has 0 spiro atoms. The van der Waals surface area contributed by atoms with Crippen LogP contribution in [-0.2, 0) is 16.1 Å². The normalized spacial score (nSPS) is 15.7. The number of fused-ring (bicyclic) bond motifs is 1. The number of hydrogen-bond donors (Lipinski definition) is 3. The molecular weight excluding hydrogens is 382 g/mol. The summed E-state index contributed by atoms with van der Waals surface area (Å²) in [6.07, 6.45) is 5.03. The molecule has 3 rings (SSSR count). The van der Waals surface area contributed by atoms with Crippen LogP contribution < -0.4 is 21.7 Å². The van der Waals surface area contributed by atoms with Crippen molar-refractivity contribution in [2.45, 2.75) is 65.5 Å². The predicted octanol–water partition coefficient (Wildman–Crippen LogP) is 2.58. The smallest absolute Gasteiger partial charge is 0.262 e. The fraction of sp³-hybridized carbons (Fsp3) is 0.545. The number of para-hydroxylation sites is 1. The highest BCUT2D eigenvalue weighted by molar-refractivity contribution is 5.89. The van der Waals surface area contributed by atoms with Crippen molar-refractivity contribution in [1.82, 2.24) is 20.3 Å². The van der Waals surface area contributed by atoms with Gasteiger partial charge in [-0.05, 0) is 37.8 Å². The Morgan fingerprint density at radius 3 is 2.53 bits per heavy atom. The number of nitrogens with zero attached hydrogens (tertiary/aromatic N) is 2. The molecule has 1 atom stereocenters. The quantitative estimate of drug-likeness (QED) is 0.605. The first-order valence-electron chi connectivity index (χ1n) is 10.8. The summed E-state index contributed by atoms with van der Waals surface area (Å²) in [4.78, 5) is 42.6. The van der Waals surface area contributed by atoms with E-state index in [1.54, 1.807) is 18.2 Å². The second-order valence-corrected chi connectivity index (χ2v) is 8.18. The fourth-order valence-corrected chi connectivity index (χ4v) is 3.92. The molecule has 1 unspecified atom stereocenters. The molecule has 162 valence electrons. The molecule has 1 aromatic heterocycles. The number of nitrogens with one attached hydrogen (secondary N) is 3. The third kappa shape index (κ3) is 4.80. The first-order chi connectivity index (χ1) is 14.4. The molecule has 0 saturated heterocycles. The molecule has 30 heavy (non-hydrogen) atoms. The van der Waals surface area contributed by atoms with E-state index in [1.807, 2.05) is 26.8 Å². The molecule has 0 aliphatic heterocycles. The Kier molecular flexibility index (Phi) is 7.07. The van der Waals surface area contributed by atoms with E-state index in [-0.39, 0.29) is 35.2 Å². The lowest BCUT2D eigenvalue weighted by Gasteiger charge is -2.26. The second kappa shape index (κ2) is 9.73. The molecule has 3 N–H and O–H groups in total. The first-order valence-corrected chi connectivity index (χ1v) is 10.8. The molecule has 8 nitrogen and oxygen atoms in total. The standard InChI is InChI=1S/C22H31N5O3/c1-4-27-21(30)16-12-8-9-13-17(16)23-22(27)26-25-20(29)18(14(2)3)24-19(28)15-10-6-5-7-11-15/h8-9,12-15,18H,4-7,10-11H2,1-3H3,(H,23,26)(H,24,28)(H,25,29). The third-order valence-electron chi connectivity index (χ3n) is 5.70. The first kappa shape index (κ1) is 21.8. The van der Waals surface area contributed by atoms with Crippen molar-refractivity contribution >= 4 is 28.7 Å². The number of hydrogen-bond acceptors (Lipinski definition) is 5. The van der Waals surface area contributed by atoms with Gasteiger partial charge >= 0.3 is 0 Å². The van der Waals surface area contributed by atoms with E-state index in [0.717, 1.165) is 25.7 Å². The van der Waals surface area contributed by atoms with Gasteiger partial charge < -0.3 is 5.32 Å². The van der Waals surface area contributed by atoms with Crippen molar-refractivity contribution in [3.05, 3.63) is 34.6 Å². The number of amides is 2. The number of rotatable bonds is 7. The van der Waals surface area contributed by atoms with Crippen molar-refractivity contribution in [3.63, 3.8) is 0 Å². The maximum absolute atomic E-state index is 12.8. The van der Waals surface area contributed by atoms with Crippen molar-refractivity contribution in [1.29, 1.82) is 0 Å². The summed E-state index contributed by atoms with van der Waals surface area (Å²) in [5, 5.41) is 3.44. The van der Waals surface area contributed by atoms with Gasteiger partial charge in [0.25, 0.3) is 11.5 Å². The van der Waals surface area contributed by atoms with Gasteiger partial charge in [0.1, 0.15) is 6.04 Å². The second-order valence-electron chi connectivity index (χ2n) is 8.18. The molecule has 0 radical (unpaired) electrons. The van der Waals surface area contributed by atoms with E-state index in [9.17, 15) is 14.4 Å². The Hall–Kier alpha value is -2.90. The van der Waals surface area contributed by atoms with Crippen molar-refractivity contribution in [2.24, 2.45) is 11.8 Å². The number of carbonyl (C=O) groups is 2. The van der Waals surface area contributed by atoms with E-state index in [0.29, 0.717) is 17.4 Å². The van der Waals surface area contributed by atoms with Crippen LogP contribution in [0.1, 0.15) is 52.9 Å². The SMILES string of the molecule is CCn1c(NNC(=O)C(NC(=O)C2CCCCC2)C(C)C)nc2ccccc2c1=O. The molecular formula is C22H31N5O3. The molecule has 8 heteroatoms. The van der Waals surface area contributed by atoms with Gasteiger partial charge in [0.15, 0.2) is 0 Å². The van der Waals surface area contributed by atoms with E-state index >= 15 is 0 Å². The molecule has 1 aromatic carbocycles. The zero-order valence-corrected chi connectivity index (χ0v) is 17.9. The zero-order valence-electron chi connectivity index (χ0n) is 17.9. The number of benzene rings is 1. The van der Waals surface area contributed by atoms with E-state index in [1.165, 1.54) is 11.0 Å². The van der Waals surface area contributed by atoms with Crippen LogP contribution in [0.3, 0.4) is 0 Å². The van der Waals surface area contributed by atoms with Gasteiger partial charge in [0, 0.05) is 12.5 Å². The van der Waals surface area contributed by atoms with Crippen LogP contribution in [0.2, 0.25) is 0 Å². The maximum atomic E-state index is 12.8. The molecule has 1 saturated carbocycles. The average Bonchev–Trinajstić information content (AvgIpc) is 2.76. The highest BCUT2D eigenvalue weighted by Gasteiger charge is 2.28. The summed E-state index contributed by atoms with van der Waals surface area (Å²) >= 11 is 0. The predicted molar refractivity (Wildman–Crippen MR) is 117 cm³/mol. The summed E-state index contributed by atoms with van der Waals surface area (Å²) < 4.78 is 1.47. The van der Waals surface area contributed by atoms with Crippen molar-refractivity contribution in [3.8, 4) is 0 Å². The van der Waals surface area contributed by atoms with Crippen LogP contribution in [0.5, 0.6) is 0 Å². The summed E-state index contributed by atoms with van der Waals surface area (Å²) in [5.41, 5.74) is 5.79. The van der Waals surface area contributed by atoms with Crippen LogP contribution in [0, 0.1) is 11.8 Å². The lowest BCUT2D eigenvalue weighted by atomic mass is 9.88. The van der Waals surface area contributed by atoms with Crippen LogP contribution >= 0.6 is 0 Å². The highest BCUT2D eigenvalue weighted by Crippen LogP contribution is 2.24. The van der Waals surface area contributed by atoms with Gasteiger partial charge in [-0.2, -0.15) is 0 Å². The molecule has 2 amide bonds. The van der Waals surface area contributed by atoms with Crippen LogP contribution in [-0.4, -0.2) is 27.4 Å². The van der Waals surface area contributed by atoms with E-state index in [4.69, 9.17) is 0 Å². The van der Waals surface area contributed by atoms with Gasteiger partial charge in [-0.25, -0.2) is 4.98 Å². The Balaban J connectivity index is 1.72. The monoisotopic (exact) mass is 413 g/mol. The molecule has 2 aromatic rings. The van der Waals surface area contributed by atoms with Gasteiger partial charge in [-0.1, -0.05) is 45.2 Å². The molecule has 1 aliphatic rings. The van der Waals surface area contributed by atoms with E-state index in [2.05, 4.69) is 21.2 Å². The van der Waals surface area contributed by atoms with Gasteiger partial charge in [0.05, 0.1) is 10.9 Å². The van der Waals surface area contributed by atoms with E-state index < -0.39 is 6.04 Å².